The smallest absolute Gasteiger partial charge is 0.312 e. The number of aromatic hydroxyl groups is 2. The molecule has 0 aromatic heterocycles. The number of aliphatic hydroxyl groups excluding tert-OH is 3. The van der Waals surface area contributed by atoms with Gasteiger partial charge in [-0.1, -0.05) is 45.9 Å². The SMILES string of the molecule is CO[C@H]1C=CO[C@@]2(C)Oc3c(C)c(O)c4c(O)c(c5c(c4c3C2=O)NC2(CCN(C(C)(C)C)CC2)N=5)=NC(=O)C(C)=CC=C[C@H](C)[C@H](O)[C@@H](C)[C@@H](O)[C@@H](C)[C@H](O)[C@H]1C. The Balaban J connectivity index is 1.56. The Morgan fingerprint density at radius 2 is 1.52 bits per heavy atom. The molecule has 14 nitrogen and oxygen atoms in total. The van der Waals surface area contributed by atoms with Gasteiger partial charge in [0.05, 0.1) is 47.3 Å². The summed E-state index contributed by atoms with van der Waals surface area (Å²) in [6.45, 7) is 19.4. The minimum absolute atomic E-state index is 0.0634. The van der Waals surface area contributed by atoms with Crippen LogP contribution in [0, 0.1) is 30.6 Å². The van der Waals surface area contributed by atoms with E-state index in [0.717, 1.165) is 0 Å². The molecule has 0 radical (unpaired) electrons. The zero-order valence-electron chi connectivity index (χ0n) is 35.5. The fourth-order valence-corrected chi connectivity index (χ4v) is 8.77. The lowest BCUT2D eigenvalue weighted by Crippen LogP contribution is -2.52. The predicted octanol–water partition coefficient (Wildman–Crippen LogP) is 4.32. The van der Waals surface area contributed by atoms with Gasteiger partial charge in [0.25, 0.3) is 11.7 Å². The molecule has 0 saturated carbocycles. The fraction of sp³-hybridized carbons (Fsp3) is 0.591. The van der Waals surface area contributed by atoms with Crippen molar-refractivity contribution in [2.45, 2.75) is 123 Å². The second-order valence-corrected chi connectivity index (χ2v) is 17.9. The number of ketones is 1. The number of anilines is 1. The number of allylic oxidation sites excluding steroid dienone is 2. The van der Waals surface area contributed by atoms with Crippen LogP contribution in [0.1, 0.15) is 91.1 Å². The largest absolute Gasteiger partial charge is 0.507 e. The van der Waals surface area contributed by atoms with Gasteiger partial charge in [0.1, 0.15) is 27.9 Å². The summed E-state index contributed by atoms with van der Waals surface area (Å²) in [4.78, 5) is 40.3. The molecule has 2 aromatic rings. The van der Waals surface area contributed by atoms with Crippen LogP contribution < -0.4 is 20.8 Å². The zero-order chi connectivity index (χ0) is 42.8. The van der Waals surface area contributed by atoms with Crippen molar-refractivity contribution in [3.63, 3.8) is 0 Å². The van der Waals surface area contributed by atoms with Crippen LogP contribution in [-0.2, 0) is 14.3 Å². The molecule has 4 aliphatic rings. The second-order valence-electron chi connectivity index (χ2n) is 17.9. The van der Waals surface area contributed by atoms with Crippen molar-refractivity contribution in [1.29, 1.82) is 0 Å². The summed E-state index contributed by atoms with van der Waals surface area (Å²) in [6.07, 6.45) is 4.96. The van der Waals surface area contributed by atoms with Crippen LogP contribution in [0.25, 0.3) is 10.8 Å². The number of Topliss-reactive ketones (excluding diaryl/α,β-unsaturated/α-hetero) is 1. The van der Waals surface area contributed by atoms with Gasteiger partial charge in [-0.2, -0.15) is 0 Å². The quantitative estimate of drug-likeness (QED) is 0.223. The number of aliphatic hydroxyl groups is 3. The minimum Gasteiger partial charge on any atom is -0.507 e. The lowest BCUT2D eigenvalue weighted by molar-refractivity contribution is -0.114. The van der Waals surface area contributed by atoms with Crippen LogP contribution >= 0.6 is 0 Å². The Hall–Kier alpha value is -4.34. The van der Waals surface area contributed by atoms with Gasteiger partial charge >= 0.3 is 5.79 Å². The number of rotatable bonds is 1. The molecule has 1 amide bonds. The van der Waals surface area contributed by atoms with Gasteiger partial charge in [0.15, 0.2) is 5.75 Å². The summed E-state index contributed by atoms with van der Waals surface area (Å²) >= 11 is 0. The number of phenols is 2. The first-order valence-electron chi connectivity index (χ1n) is 20.2. The van der Waals surface area contributed by atoms with E-state index < -0.39 is 77.0 Å². The molecule has 1 spiro atoms. The average molecular weight is 805 g/mol. The van der Waals surface area contributed by atoms with Crippen LogP contribution in [0.2, 0.25) is 0 Å². The molecule has 4 bridgehead atoms. The van der Waals surface area contributed by atoms with Crippen LogP contribution in [-0.4, -0.2) is 104 Å². The van der Waals surface area contributed by atoms with Crippen molar-refractivity contribution in [2.24, 2.45) is 33.7 Å². The average Bonchev–Trinajstić information content (AvgIpc) is 3.67. The van der Waals surface area contributed by atoms with Crippen molar-refractivity contribution in [3.8, 4) is 17.2 Å². The van der Waals surface area contributed by atoms with Crippen molar-refractivity contribution in [1.82, 2.24) is 4.90 Å². The lowest BCUT2D eigenvalue weighted by atomic mass is 9.78. The molecule has 14 heteroatoms. The molecule has 4 aliphatic heterocycles. The van der Waals surface area contributed by atoms with Gasteiger partial charge < -0.3 is 45.1 Å². The standard InChI is InChI=1S/C44H60N4O10/c1-21-13-12-14-22(2)41(55)45-33-32-31(46-44(47-32)16-18-48(19-17-44)42(7,8)9)28-29(38(33)53)37(52)26(6)39-30(28)40(54)43(10,58-39)57-20-15-27(56-11)23(3)35(50)25(5)36(51)24(4)34(21)49/h12-15,20-21,23-25,27,34-36,46,49-53H,16-19H2,1-11H3/t21-,23-,24+,25-,27-,34-,35+,36+,43-/m0/s1. The number of ether oxygens (including phenoxy) is 3. The highest BCUT2D eigenvalue weighted by Crippen LogP contribution is 2.51. The maximum absolute atomic E-state index is 14.6. The summed E-state index contributed by atoms with van der Waals surface area (Å²) < 4.78 is 18.0. The number of amides is 1. The highest BCUT2D eigenvalue weighted by molar-refractivity contribution is 6.21. The highest BCUT2D eigenvalue weighted by Gasteiger charge is 2.51. The van der Waals surface area contributed by atoms with Gasteiger partial charge in [0.2, 0.25) is 0 Å². The van der Waals surface area contributed by atoms with E-state index in [1.807, 2.05) is 0 Å². The Morgan fingerprint density at radius 3 is 2.14 bits per heavy atom. The normalized spacial score (nSPS) is 32.1. The van der Waals surface area contributed by atoms with E-state index >= 15 is 0 Å². The number of carbonyl (C=O) groups is 2. The van der Waals surface area contributed by atoms with Crippen molar-refractivity contribution < 1.29 is 49.3 Å². The van der Waals surface area contributed by atoms with Crippen LogP contribution in [0.15, 0.2) is 46.1 Å². The molecular weight excluding hydrogens is 745 g/mol. The number of nitrogens with zero attached hydrogens (tertiary/aromatic N) is 3. The van der Waals surface area contributed by atoms with Crippen molar-refractivity contribution in [3.05, 3.63) is 58.0 Å². The number of piperidine rings is 1. The molecule has 316 valence electrons. The molecular formula is C44H60N4O10. The second kappa shape index (κ2) is 15.7. The number of benzene rings is 2. The number of phenolic OH excluding ortho intramolecular Hbond substituents is 2. The van der Waals surface area contributed by atoms with Crippen LogP contribution in [0.5, 0.6) is 17.2 Å². The Labute approximate surface area is 339 Å². The summed E-state index contributed by atoms with van der Waals surface area (Å²) in [6, 6.07) is 0. The molecule has 58 heavy (non-hydrogen) atoms. The third-order valence-corrected chi connectivity index (χ3v) is 12.9. The number of fused-ring (bicyclic) bond motifs is 1. The lowest BCUT2D eigenvalue weighted by Gasteiger charge is -2.44. The maximum atomic E-state index is 14.6. The van der Waals surface area contributed by atoms with E-state index in [4.69, 9.17) is 19.2 Å². The zero-order valence-corrected chi connectivity index (χ0v) is 35.5. The number of likely N-dealkylation sites (tertiary alicyclic amines) is 1. The number of methoxy groups -OCH3 is 1. The predicted molar refractivity (Wildman–Crippen MR) is 218 cm³/mol. The van der Waals surface area contributed by atoms with E-state index in [-0.39, 0.29) is 55.2 Å². The number of hydrogen-bond donors (Lipinski definition) is 6. The minimum atomic E-state index is -1.92. The van der Waals surface area contributed by atoms with Crippen LogP contribution in [0.3, 0.4) is 0 Å². The highest BCUT2D eigenvalue weighted by atomic mass is 16.7. The van der Waals surface area contributed by atoms with Crippen molar-refractivity contribution in [2.75, 3.05) is 25.5 Å². The molecule has 4 heterocycles. The van der Waals surface area contributed by atoms with Crippen LogP contribution in [0.4, 0.5) is 5.69 Å². The van der Waals surface area contributed by atoms with Crippen molar-refractivity contribution >= 4 is 28.2 Å². The topological polar surface area (TPSA) is 203 Å². The molecule has 0 unspecified atom stereocenters. The number of nitrogens with one attached hydrogen (secondary N) is 1. The van der Waals surface area contributed by atoms with Gasteiger partial charge in [-0.05, 0) is 40.7 Å². The first kappa shape index (κ1) is 43.2. The van der Waals surface area contributed by atoms with Gasteiger partial charge in [-0.3, -0.25) is 19.5 Å². The molecule has 6 N–H and O–H groups in total. The first-order chi connectivity index (χ1) is 27.1. The van der Waals surface area contributed by atoms with E-state index in [2.05, 4.69) is 36.0 Å². The third kappa shape index (κ3) is 7.42. The Bertz CT molecular complexity index is 2200. The van der Waals surface area contributed by atoms with Gasteiger partial charge in [-0.15, -0.1) is 0 Å². The molecule has 9 atom stereocenters. The van der Waals surface area contributed by atoms with Gasteiger partial charge in [0, 0.05) is 85.7 Å². The molecule has 1 fully saturated rings. The number of carbonyl (C=O) groups excluding carboxylic acids is 2. The van der Waals surface area contributed by atoms with E-state index in [1.165, 1.54) is 20.3 Å². The number of hydrogen-bond acceptors (Lipinski definition) is 13. The first-order valence-corrected chi connectivity index (χ1v) is 20.2. The van der Waals surface area contributed by atoms with E-state index in [1.54, 1.807) is 65.8 Å². The van der Waals surface area contributed by atoms with E-state index in [9.17, 15) is 35.1 Å². The third-order valence-electron chi connectivity index (χ3n) is 12.9. The summed E-state index contributed by atoms with van der Waals surface area (Å²) in [5, 5.41) is 61.5. The molecule has 2 aromatic carbocycles. The van der Waals surface area contributed by atoms with Gasteiger partial charge in [-0.25, -0.2) is 4.99 Å². The Kier molecular flexibility index (Phi) is 11.7. The summed E-state index contributed by atoms with van der Waals surface area (Å²) in [7, 11) is 1.47. The molecule has 0 aliphatic carbocycles. The maximum Gasteiger partial charge on any atom is 0.312 e. The molecule has 6 rings (SSSR count). The van der Waals surface area contributed by atoms with E-state index in [0.29, 0.717) is 31.6 Å². The fourth-order valence-electron chi connectivity index (χ4n) is 8.77. The molecule has 1 saturated heterocycles. The summed E-state index contributed by atoms with van der Waals surface area (Å²) in [5.74, 6) is -6.34. The summed E-state index contributed by atoms with van der Waals surface area (Å²) in [5.41, 5.74) is -0.166. The monoisotopic (exact) mass is 804 g/mol. The Morgan fingerprint density at radius 1 is 0.897 bits per heavy atom.